The van der Waals surface area contributed by atoms with Gasteiger partial charge < -0.3 is 24.5 Å². The Bertz CT molecular complexity index is 1680. The predicted octanol–water partition coefficient (Wildman–Crippen LogP) is 5.36. The van der Waals surface area contributed by atoms with Crippen molar-refractivity contribution >= 4 is 34.0 Å². The summed E-state index contributed by atoms with van der Waals surface area (Å²) in [6, 6.07) is 17.6. The third kappa shape index (κ3) is 3.20. The largest absolute Gasteiger partial charge is 0.497 e. The molecule has 9 heteroatoms. The molecular formula is C28H23N5O4. The summed E-state index contributed by atoms with van der Waals surface area (Å²) in [6.45, 7) is 0. The standard InChI is InChI=1S/C28H23N5O4/c1-35-17-5-7-21-19(13-17)28(27(34)31-21)14-20(28)15-3-6-18-22(11-15)32-33-25(18)30-23-12-16(4-8-24(23)36-2)26-29-9-10-37-26/h3-13,20H,14H2,1-2H3,(H,31,34)(H2,30,32,33)/t20-,28-/m0/s1. The molecule has 0 unspecified atom stereocenters. The number of ether oxygens (including phenoxy) is 2. The first-order chi connectivity index (χ1) is 18.1. The summed E-state index contributed by atoms with van der Waals surface area (Å²) in [4.78, 5) is 17.3. The van der Waals surface area contributed by atoms with Gasteiger partial charge in [-0.25, -0.2) is 4.98 Å². The molecule has 2 aromatic heterocycles. The molecule has 1 spiro atoms. The zero-order valence-corrected chi connectivity index (χ0v) is 20.2. The number of nitrogens with zero attached hydrogens (tertiary/aromatic N) is 2. The zero-order chi connectivity index (χ0) is 25.1. The van der Waals surface area contributed by atoms with Crippen LogP contribution in [0.5, 0.6) is 11.5 Å². The zero-order valence-electron chi connectivity index (χ0n) is 20.2. The number of amides is 1. The average Bonchev–Trinajstić information content (AvgIpc) is 3.20. The van der Waals surface area contributed by atoms with Gasteiger partial charge in [0.2, 0.25) is 11.8 Å². The van der Waals surface area contributed by atoms with Gasteiger partial charge in [0.15, 0.2) is 5.82 Å². The molecule has 2 aliphatic rings. The van der Waals surface area contributed by atoms with Gasteiger partial charge in [0.1, 0.15) is 17.8 Å². The number of carbonyl (C=O) groups excluding carboxylic acids is 1. The number of nitrogens with one attached hydrogen (secondary N) is 3. The maximum Gasteiger partial charge on any atom is 0.235 e. The molecule has 0 saturated heterocycles. The summed E-state index contributed by atoms with van der Waals surface area (Å²) in [5.41, 5.74) is 4.86. The lowest BCUT2D eigenvalue weighted by molar-refractivity contribution is -0.118. The maximum absolute atomic E-state index is 13.0. The smallest absolute Gasteiger partial charge is 0.235 e. The molecule has 37 heavy (non-hydrogen) atoms. The van der Waals surface area contributed by atoms with Crippen molar-refractivity contribution in [2.45, 2.75) is 17.8 Å². The summed E-state index contributed by atoms with van der Waals surface area (Å²) in [5.74, 6) is 2.75. The van der Waals surface area contributed by atoms with Gasteiger partial charge in [-0.05, 0) is 66.1 Å². The average molecular weight is 494 g/mol. The van der Waals surface area contributed by atoms with Crippen molar-refractivity contribution in [1.29, 1.82) is 0 Å². The molecule has 184 valence electrons. The SMILES string of the molecule is COc1ccc2c(c1)[C@]1(C[C@H]1c1ccc3c(Nc4cc(-c5ncco5)ccc4OC)n[nH]c3c1)C(=O)N2. The van der Waals surface area contributed by atoms with Gasteiger partial charge in [-0.3, -0.25) is 9.89 Å². The summed E-state index contributed by atoms with van der Waals surface area (Å²) in [6.07, 6.45) is 3.91. The van der Waals surface area contributed by atoms with Crippen LogP contribution in [0, 0.1) is 0 Å². The summed E-state index contributed by atoms with van der Waals surface area (Å²) in [7, 11) is 3.26. The molecule has 0 radical (unpaired) electrons. The van der Waals surface area contributed by atoms with Crippen molar-refractivity contribution in [1.82, 2.24) is 15.2 Å². The lowest BCUT2D eigenvalue weighted by atomic mass is 9.91. The topological polar surface area (TPSA) is 114 Å². The van der Waals surface area contributed by atoms with Crippen molar-refractivity contribution in [3.8, 4) is 23.0 Å². The number of carbonyl (C=O) groups is 1. The van der Waals surface area contributed by atoms with Gasteiger partial charge >= 0.3 is 0 Å². The molecule has 3 heterocycles. The number of oxazole rings is 1. The number of rotatable bonds is 6. The molecule has 9 nitrogen and oxygen atoms in total. The summed E-state index contributed by atoms with van der Waals surface area (Å²) < 4.78 is 16.4. The molecular weight excluding hydrogens is 470 g/mol. The Balaban J connectivity index is 1.20. The van der Waals surface area contributed by atoms with Crippen LogP contribution in [0.4, 0.5) is 17.2 Å². The van der Waals surface area contributed by atoms with Crippen LogP contribution in [0.1, 0.15) is 23.5 Å². The van der Waals surface area contributed by atoms with E-state index in [0.717, 1.165) is 51.1 Å². The Morgan fingerprint density at radius 3 is 2.81 bits per heavy atom. The first-order valence-corrected chi connectivity index (χ1v) is 11.9. The highest BCUT2D eigenvalue weighted by Gasteiger charge is 2.65. The Kier molecular flexibility index (Phi) is 4.56. The molecule has 1 aliphatic heterocycles. The van der Waals surface area contributed by atoms with E-state index in [-0.39, 0.29) is 11.8 Å². The van der Waals surface area contributed by atoms with Crippen LogP contribution in [-0.2, 0) is 10.2 Å². The second-order valence-electron chi connectivity index (χ2n) is 9.35. The van der Waals surface area contributed by atoms with Crippen LogP contribution in [0.25, 0.3) is 22.4 Å². The molecule has 0 bridgehead atoms. The normalized spacial score (nSPS) is 19.6. The number of benzene rings is 3. The molecule has 2 atom stereocenters. The van der Waals surface area contributed by atoms with Crippen LogP contribution >= 0.6 is 0 Å². The van der Waals surface area contributed by atoms with Gasteiger partial charge in [-0.15, -0.1) is 0 Å². The minimum absolute atomic E-state index is 0.0471. The van der Waals surface area contributed by atoms with Gasteiger partial charge in [-0.2, -0.15) is 5.10 Å². The van der Waals surface area contributed by atoms with Crippen LogP contribution in [-0.4, -0.2) is 35.3 Å². The third-order valence-corrected chi connectivity index (χ3v) is 7.44. The van der Waals surface area contributed by atoms with Gasteiger partial charge in [0.05, 0.1) is 37.0 Å². The summed E-state index contributed by atoms with van der Waals surface area (Å²) in [5, 5.41) is 15.0. The van der Waals surface area contributed by atoms with Crippen molar-refractivity contribution in [2.75, 3.05) is 24.9 Å². The molecule has 5 aromatic rings. The highest BCUT2D eigenvalue weighted by atomic mass is 16.5. The third-order valence-electron chi connectivity index (χ3n) is 7.44. The number of methoxy groups -OCH3 is 2. The number of anilines is 3. The van der Waals surface area contributed by atoms with Crippen LogP contribution in [0.15, 0.2) is 71.5 Å². The second-order valence-corrected chi connectivity index (χ2v) is 9.35. The number of aromatic nitrogens is 3. The minimum Gasteiger partial charge on any atom is -0.497 e. The fourth-order valence-electron chi connectivity index (χ4n) is 5.48. The molecule has 3 aromatic carbocycles. The first-order valence-electron chi connectivity index (χ1n) is 11.9. The van der Waals surface area contributed by atoms with Crippen LogP contribution in [0.3, 0.4) is 0 Å². The quantitative estimate of drug-likeness (QED) is 0.292. The van der Waals surface area contributed by atoms with Gasteiger partial charge in [-0.1, -0.05) is 6.07 Å². The lowest BCUT2D eigenvalue weighted by Gasteiger charge is -2.11. The fraction of sp³-hybridized carbons (Fsp3) is 0.179. The Morgan fingerprint density at radius 1 is 1.08 bits per heavy atom. The molecule has 1 saturated carbocycles. The van der Waals surface area contributed by atoms with E-state index in [9.17, 15) is 4.79 Å². The second kappa shape index (κ2) is 7.86. The van der Waals surface area contributed by atoms with E-state index in [1.165, 1.54) is 0 Å². The fourth-order valence-corrected chi connectivity index (χ4v) is 5.48. The van der Waals surface area contributed by atoms with E-state index in [0.29, 0.717) is 17.5 Å². The Morgan fingerprint density at radius 2 is 2.00 bits per heavy atom. The molecule has 1 fully saturated rings. The predicted molar refractivity (Wildman–Crippen MR) is 139 cm³/mol. The van der Waals surface area contributed by atoms with E-state index in [1.807, 2.05) is 42.5 Å². The number of hydrogen-bond donors (Lipinski definition) is 3. The lowest BCUT2D eigenvalue weighted by Crippen LogP contribution is -2.21. The van der Waals surface area contributed by atoms with E-state index < -0.39 is 5.41 Å². The molecule has 3 N–H and O–H groups in total. The van der Waals surface area contributed by atoms with Gasteiger partial charge in [0.25, 0.3) is 0 Å². The first kappa shape index (κ1) is 21.5. The highest BCUT2D eigenvalue weighted by Crippen LogP contribution is 2.65. The monoisotopic (exact) mass is 493 g/mol. The number of fused-ring (bicyclic) bond motifs is 3. The van der Waals surface area contributed by atoms with Crippen molar-refractivity contribution in [3.05, 3.63) is 78.2 Å². The number of aromatic amines is 1. The number of H-pyrrole nitrogens is 1. The van der Waals surface area contributed by atoms with Crippen LogP contribution in [0.2, 0.25) is 0 Å². The summed E-state index contributed by atoms with van der Waals surface area (Å²) >= 11 is 0. The molecule has 7 rings (SSSR count). The van der Waals surface area contributed by atoms with Crippen molar-refractivity contribution < 1.29 is 18.7 Å². The Labute approximate surface area is 211 Å². The molecule has 1 aliphatic carbocycles. The van der Waals surface area contributed by atoms with E-state index >= 15 is 0 Å². The van der Waals surface area contributed by atoms with Crippen molar-refractivity contribution in [3.63, 3.8) is 0 Å². The van der Waals surface area contributed by atoms with E-state index in [1.54, 1.807) is 26.7 Å². The van der Waals surface area contributed by atoms with E-state index in [2.05, 4.69) is 37.9 Å². The molecule has 1 amide bonds. The van der Waals surface area contributed by atoms with Crippen LogP contribution < -0.4 is 20.1 Å². The van der Waals surface area contributed by atoms with Crippen molar-refractivity contribution in [2.24, 2.45) is 0 Å². The maximum atomic E-state index is 13.0. The Hall–Kier alpha value is -4.79. The number of hydrogen-bond acceptors (Lipinski definition) is 7. The minimum atomic E-state index is -0.549. The highest BCUT2D eigenvalue weighted by molar-refractivity contribution is 6.10. The van der Waals surface area contributed by atoms with E-state index in [4.69, 9.17) is 13.9 Å². The van der Waals surface area contributed by atoms with Gasteiger partial charge in [0, 0.05) is 22.6 Å².